The molecule has 2 aromatic heterocycles. The van der Waals surface area contributed by atoms with Crippen LogP contribution >= 0.6 is 11.6 Å². The van der Waals surface area contributed by atoms with E-state index in [1.54, 1.807) is 31.4 Å². The minimum Gasteiger partial charge on any atom is -0.497 e. The molecule has 31 heavy (non-hydrogen) atoms. The van der Waals surface area contributed by atoms with Crippen LogP contribution < -0.4 is 15.6 Å². The zero-order valence-electron chi connectivity index (χ0n) is 16.5. The normalized spacial score (nSPS) is 11.5. The van der Waals surface area contributed by atoms with Crippen LogP contribution in [-0.2, 0) is 16.9 Å². The first-order valence-electron chi connectivity index (χ1n) is 9.09. The molecule has 1 N–H and O–H groups in total. The Morgan fingerprint density at radius 2 is 1.65 bits per heavy atom. The first kappa shape index (κ1) is 20.8. The second-order valence-corrected chi connectivity index (χ2v) is 8.93. The molecule has 0 bridgehead atoms. The summed E-state index contributed by atoms with van der Waals surface area (Å²) in [7, 11) is -0.942. The number of methoxy groups -OCH3 is 1. The number of halogens is 1. The molecule has 0 spiro atoms. The molecule has 0 aliphatic heterocycles. The van der Waals surface area contributed by atoms with Gasteiger partial charge in [-0.05, 0) is 54.6 Å². The summed E-state index contributed by atoms with van der Waals surface area (Å²) in [6.07, 6.45) is 0. The molecule has 10 heteroatoms. The fourth-order valence-electron chi connectivity index (χ4n) is 3.00. The number of sulfone groups is 1. The summed E-state index contributed by atoms with van der Waals surface area (Å²) in [5, 5.41) is 3.42. The van der Waals surface area contributed by atoms with Crippen molar-refractivity contribution in [2.24, 2.45) is 7.05 Å². The number of hydrogen-bond acceptors (Lipinski definition) is 7. The highest BCUT2D eigenvalue weighted by Crippen LogP contribution is 2.28. The number of pyridine rings is 1. The third kappa shape index (κ3) is 3.97. The number of nitrogens with zero attached hydrogens (tertiary/aromatic N) is 3. The van der Waals surface area contributed by atoms with Crippen LogP contribution in [0.15, 0.2) is 75.4 Å². The summed E-state index contributed by atoms with van der Waals surface area (Å²) in [5.41, 5.74) is 0.485. The van der Waals surface area contributed by atoms with Crippen LogP contribution in [0.4, 0.5) is 11.6 Å². The van der Waals surface area contributed by atoms with Crippen molar-refractivity contribution in [2.75, 3.05) is 12.4 Å². The Kier molecular flexibility index (Phi) is 5.38. The number of ether oxygens (including phenoxy) is 1. The molecule has 4 rings (SSSR count). The quantitative estimate of drug-likeness (QED) is 0.458. The number of aromatic nitrogens is 3. The van der Waals surface area contributed by atoms with Crippen molar-refractivity contribution < 1.29 is 13.2 Å². The molecule has 0 fully saturated rings. The van der Waals surface area contributed by atoms with E-state index in [-0.39, 0.29) is 32.5 Å². The maximum Gasteiger partial charge on any atom is 0.251 e. The molecule has 0 unspecified atom stereocenters. The van der Waals surface area contributed by atoms with Gasteiger partial charge in [-0.2, -0.15) is 9.97 Å². The van der Waals surface area contributed by atoms with Crippen molar-refractivity contribution in [1.82, 2.24) is 14.5 Å². The van der Waals surface area contributed by atoms with Gasteiger partial charge in [-0.15, -0.1) is 0 Å². The minimum absolute atomic E-state index is 0.0288. The molecule has 0 aliphatic rings. The monoisotopic (exact) mass is 456 g/mol. The molecular weight excluding hydrogens is 440 g/mol. The smallest absolute Gasteiger partial charge is 0.251 e. The number of anilines is 2. The van der Waals surface area contributed by atoms with Gasteiger partial charge in [0.05, 0.1) is 17.4 Å². The van der Waals surface area contributed by atoms with E-state index in [1.807, 2.05) is 0 Å². The lowest BCUT2D eigenvalue weighted by atomic mass is 10.3. The maximum atomic E-state index is 13.4. The molecule has 0 aliphatic carbocycles. The van der Waals surface area contributed by atoms with Gasteiger partial charge in [0.25, 0.3) is 5.56 Å². The lowest BCUT2D eigenvalue weighted by Crippen LogP contribution is -2.18. The van der Waals surface area contributed by atoms with Gasteiger partial charge in [-0.3, -0.25) is 9.36 Å². The summed E-state index contributed by atoms with van der Waals surface area (Å²) in [6, 6.07) is 15.5. The van der Waals surface area contributed by atoms with Crippen molar-refractivity contribution in [1.29, 1.82) is 0 Å². The molecule has 0 saturated carbocycles. The molecule has 2 aromatic carbocycles. The number of fused-ring (bicyclic) bond motifs is 1. The third-order valence-corrected chi connectivity index (χ3v) is 6.62. The topological polar surface area (TPSA) is 103 Å². The van der Waals surface area contributed by atoms with Crippen LogP contribution in [0.5, 0.6) is 5.75 Å². The van der Waals surface area contributed by atoms with Crippen LogP contribution in [0.25, 0.3) is 11.0 Å². The predicted molar refractivity (Wildman–Crippen MR) is 118 cm³/mol. The van der Waals surface area contributed by atoms with E-state index in [2.05, 4.69) is 15.3 Å². The van der Waals surface area contributed by atoms with Gasteiger partial charge in [0, 0.05) is 23.8 Å². The summed E-state index contributed by atoms with van der Waals surface area (Å²) < 4.78 is 33.2. The highest BCUT2D eigenvalue weighted by molar-refractivity contribution is 7.91. The van der Waals surface area contributed by atoms with Gasteiger partial charge in [-0.25, -0.2) is 8.42 Å². The van der Waals surface area contributed by atoms with Crippen LogP contribution in [0.1, 0.15) is 0 Å². The maximum absolute atomic E-state index is 13.4. The molecule has 0 saturated heterocycles. The molecule has 0 radical (unpaired) electrons. The summed E-state index contributed by atoms with van der Waals surface area (Å²) in [6.45, 7) is 0. The number of rotatable bonds is 5. The molecule has 0 amide bonds. The van der Waals surface area contributed by atoms with Crippen molar-refractivity contribution >= 4 is 44.1 Å². The Hall–Kier alpha value is -3.43. The van der Waals surface area contributed by atoms with E-state index in [0.29, 0.717) is 16.5 Å². The van der Waals surface area contributed by atoms with Crippen LogP contribution in [-0.4, -0.2) is 30.1 Å². The Morgan fingerprint density at radius 1 is 0.968 bits per heavy atom. The first-order valence-corrected chi connectivity index (χ1v) is 11.0. The predicted octanol–water partition coefficient (Wildman–Crippen LogP) is 3.57. The van der Waals surface area contributed by atoms with Crippen LogP contribution in [0.3, 0.4) is 0 Å². The Balaban J connectivity index is 1.91. The fourth-order valence-corrected chi connectivity index (χ4v) is 4.50. The van der Waals surface area contributed by atoms with Crippen molar-refractivity contribution in [2.45, 2.75) is 9.92 Å². The molecule has 0 atom stereocenters. The summed E-state index contributed by atoms with van der Waals surface area (Å²) in [5.74, 6) is 0.699. The first-order chi connectivity index (χ1) is 14.8. The molecule has 4 aromatic rings. The lowest BCUT2D eigenvalue weighted by Gasteiger charge is -2.13. The van der Waals surface area contributed by atoms with Gasteiger partial charge in [0.15, 0.2) is 5.03 Å². The minimum atomic E-state index is -4.02. The average Bonchev–Trinajstić information content (AvgIpc) is 2.77. The molecule has 8 nitrogen and oxygen atoms in total. The number of hydrogen-bond donors (Lipinski definition) is 1. The Labute approximate surface area is 183 Å². The van der Waals surface area contributed by atoms with E-state index >= 15 is 0 Å². The SMILES string of the molecule is COc1ccc(Nc2nc(S(=O)(=O)c3ccc(Cl)cc3)c3ccc(=O)n(C)c3n2)cc1. The summed E-state index contributed by atoms with van der Waals surface area (Å²) >= 11 is 5.90. The molecule has 158 valence electrons. The zero-order valence-corrected chi connectivity index (χ0v) is 18.1. The number of benzene rings is 2. The largest absolute Gasteiger partial charge is 0.497 e. The van der Waals surface area contributed by atoms with Gasteiger partial charge in [0.2, 0.25) is 15.8 Å². The second kappa shape index (κ2) is 8.01. The van der Waals surface area contributed by atoms with Gasteiger partial charge < -0.3 is 10.1 Å². The fraction of sp³-hybridized carbons (Fsp3) is 0.0952. The van der Waals surface area contributed by atoms with Crippen molar-refractivity contribution in [3.05, 3.63) is 76.0 Å². The molecule has 2 heterocycles. The van der Waals surface area contributed by atoms with Crippen molar-refractivity contribution in [3.8, 4) is 5.75 Å². The highest BCUT2D eigenvalue weighted by Gasteiger charge is 2.25. The van der Waals surface area contributed by atoms with Crippen molar-refractivity contribution in [3.63, 3.8) is 0 Å². The third-order valence-electron chi connectivity index (χ3n) is 4.66. The van der Waals surface area contributed by atoms with Crippen LogP contribution in [0, 0.1) is 0 Å². The van der Waals surface area contributed by atoms with E-state index < -0.39 is 9.84 Å². The Bertz CT molecular complexity index is 1430. The standard InChI is InChI=1S/C21H17ClN4O4S/c1-26-18(27)12-11-17-19(26)24-21(23-14-5-7-15(30-2)8-6-14)25-20(17)31(28,29)16-9-3-13(22)4-10-16/h3-12H,1-2H3,(H,23,24,25). The number of aryl methyl sites for hydroxylation is 1. The van der Waals surface area contributed by atoms with Gasteiger partial charge in [0.1, 0.15) is 11.4 Å². The Morgan fingerprint density at radius 3 is 2.29 bits per heavy atom. The van der Waals surface area contributed by atoms with Gasteiger partial charge >= 0.3 is 0 Å². The second-order valence-electron chi connectivity index (χ2n) is 6.63. The van der Waals surface area contributed by atoms with Gasteiger partial charge in [-0.1, -0.05) is 11.6 Å². The van der Waals surface area contributed by atoms with E-state index in [0.717, 1.165) is 0 Å². The van der Waals surface area contributed by atoms with E-state index in [1.165, 1.54) is 48.0 Å². The van der Waals surface area contributed by atoms with E-state index in [9.17, 15) is 13.2 Å². The lowest BCUT2D eigenvalue weighted by molar-refractivity contribution is 0.415. The van der Waals surface area contributed by atoms with Crippen LogP contribution in [0.2, 0.25) is 5.02 Å². The average molecular weight is 457 g/mol. The highest BCUT2D eigenvalue weighted by atomic mass is 35.5. The number of nitrogens with one attached hydrogen (secondary N) is 1. The van der Waals surface area contributed by atoms with E-state index in [4.69, 9.17) is 16.3 Å². The summed E-state index contributed by atoms with van der Waals surface area (Å²) in [4.78, 5) is 20.8. The zero-order chi connectivity index (χ0) is 22.2. The molecular formula is C21H17ClN4O4S.